The molecule has 0 radical (unpaired) electrons. The maximum atomic E-state index is 13.3. The lowest BCUT2D eigenvalue weighted by Crippen LogP contribution is -2.42. The third-order valence-electron chi connectivity index (χ3n) is 3.69. The highest BCUT2D eigenvalue weighted by Gasteiger charge is 2.39. The molecule has 0 aliphatic rings. The largest absolute Gasteiger partial charge is 0.404 e. The zero-order chi connectivity index (χ0) is 21.3. The van der Waals surface area contributed by atoms with Crippen LogP contribution in [0.2, 0.25) is 0 Å². The number of halogens is 4. The number of benzene rings is 1. The van der Waals surface area contributed by atoms with Crippen molar-refractivity contribution in [1.82, 2.24) is 9.29 Å². The molecule has 2 aromatic rings. The number of carbonyl (C=O) groups is 1. The Morgan fingerprint density at radius 1 is 1.29 bits per heavy atom. The molecule has 0 fully saturated rings. The maximum Gasteiger partial charge on any atom is 0.404 e. The maximum absolute atomic E-state index is 13.3. The Hall–Kier alpha value is -2.91. The van der Waals surface area contributed by atoms with Gasteiger partial charge in [-0.15, -0.1) is 0 Å². The molecular formula is C16H14F4N4O3S. The number of anilines is 1. The molecule has 0 bridgehead atoms. The topological polar surface area (TPSA) is 104 Å². The summed E-state index contributed by atoms with van der Waals surface area (Å²) >= 11 is 0. The number of aryl methyl sites for hydroxylation is 1. The number of aromatic nitrogens is 1. The second kappa shape index (κ2) is 7.61. The Kier molecular flexibility index (Phi) is 5.81. The van der Waals surface area contributed by atoms with Gasteiger partial charge in [0.1, 0.15) is 28.5 Å². The van der Waals surface area contributed by atoms with Crippen molar-refractivity contribution < 1.29 is 30.8 Å². The van der Waals surface area contributed by atoms with E-state index in [2.05, 4.69) is 5.32 Å². The molecule has 0 aliphatic carbocycles. The van der Waals surface area contributed by atoms with E-state index in [0.29, 0.717) is 6.92 Å². The lowest BCUT2D eigenvalue weighted by atomic mass is 10.2. The van der Waals surface area contributed by atoms with E-state index in [0.717, 1.165) is 29.0 Å². The van der Waals surface area contributed by atoms with Gasteiger partial charge in [-0.1, -0.05) is 0 Å². The first-order valence-corrected chi connectivity index (χ1v) is 9.10. The van der Waals surface area contributed by atoms with Gasteiger partial charge in [-0.2, -0.15) is 23.2 Å². The zero-order valence-corrected chi connectivity index (χ0v) is 15.3. The predicted molar refractivity (Wildman–Crippen MR) is 90.3 cm³/mol. The van der Waals surface area contributed by atoms with Crippen LogP contribution in [0.15, 0.2) is 35.4 Å². The van der Waals surface area contributed by atoms with Gasteiger partial charge < -0.3 is 9.88 Å². The molecule has 1 heterocycles. The molecule has 2 rings (SSSR count). The quantitative estimate of drug-likeness (QED) is 0.728. The molecule has 28 heavy (non-hydrogen) atoms. The monoisotopic (exact) mass is 418 g/mol. The Bertz CT molecular complexity index is 1050. The second-order valence-electron chi connectivity index (χ2n) is 5.82. The summed E-state index contributed by atoms with van der Waals surface area (Å²) in [5, 5.41) is 11.2. The summed E-state index contributed by atoms with van der Waals surface area (Å²) in [5.74, 6) is -1.58. The molecule has 1 amide bonds. The SMILES string of the molecule is C[C@@H](NS(=O)(=O)c1cc(C(=O)Nc2ccc(F)c(C#N)c2)n(C)c1)C(F)(F)F. The molecule has 0 spiro atoms. The van der Waals surface area contributed by atoms with Crippen molar-refractivity contribution in [2.75, 3.05) is 5.32 Å². The van der Waals surface area contributed by atoms with Crippen molar-refractivity contribution in [2.45, 2.75) is 24.0 Å². The van der Waals surface area contributed by atoms with Gasteiger partial charge >= 0.3 is 6.18 Å². The molecule has 150 valence electrons. The van der Waals surface area contributed by atoms with E-state index in [4.69, 9.17) is 5.26 Å². The number of hydrogen-bond donors (Lipinski definition) is 2. The second-order valence-corrected chi connectivity index (χ2v) is 7.53. The van der Waals surface area contributed by atoms with E-state index in [9.17, 15) is 30.8 Å². The first kappa shape index (κ1) is 21.4. The number of hydrogen-bond acceptors (Lipinski definition) is 4. The first-order chi connectivity index (χ1) is 12.8. The molecule has 2 N–H and O–H groups in total. The number of sulfonamides is 1. The summed E-state index contributed by atoms with van der Waals surface area (Å²) in [6, 6.07) is 3.43. The smallest absolute Gasteiger partial charge is 0.345 e. The Morgan fingerprint density at radius 3 is 2.50 bits per heavy atom. The predicted octanol–water partition coefficient (Wildman–Crippen LogP) is 2.52. The Balaban J connectivity index is 2.26. The fourth-order valence-corrected chi connectivity index (χ4v) is 3.46. The molecule has 0 aliphatic heterocycles. The third-order valence-corrected chi connectivity index (χ3v) is 5.20. The fourth-order valence-electron chi connectivity index (χ4n) is 2.16. The van der Waals surface area contributed by atoms with Gasteiger partial charge in [0.2, 0.25) is 10.0 Å². The van der Waals surface area contributed by atoms with Crippen molar-refractivity contribution >= 4 is 21.6 Å². The molecule has 0 saturated carbocycles. The van der Waals surface area contributed by atoms with Crippen LogP contribution in [0, 0.1) is 17.1 Å². The Morgan fingerprint density at radius 2 is 1.93 bits per heavy atom. The summed E-state index contributed by atoms with van der Waals surface area (Å²) in [6.45, 7) is 0.648. The number of nitrogens with one attached hydrogen (secondary N) is 2. The van der Waals surface area contributed by atoms with Crippen LogP contribution >= 0.6 is 0 Å². The van der Waals surface area contributed by atoms with Crippen molar-refractivity contribution in [3.05, 3.63) is 47.5 Å². The number of alkyl halides is 3. The van der Waals surface area contributed by atoms with E-state index >= 15 is 0 Å². The summed E-state index contributed by atoms with van der Waals surface area (Å²) in [5.41, 5.74) is -0.404. The van der Waals surface area contributed by atoms with Gasteiger partial charge in [0.05, 0.1) is 5.56 Å². The molecule has 0 saturated heterocycles. The van der Waals surface area contributed by atoms with E-state index in [1.54, 1.807) is 6.07 Å². The number of carbonyl (C=O) groups excluding carboxylic acids is 1. The average Bonchev–Trinajstić information content (AvgIpc) is 2.98. The van der Waals surface area contributed by atoms with E-state index in [1.807, 2.05) is 0 Å². The lowest BCUT2D eigenvalue weighted by molar-refractivity contribution is -0.147. The summed E-state index contributed by atoms with van der Waals surface area (Å²) in [4.78, 5) is 11.8. The van der Waals surface area contributed by atoms with Crippen LogP contribution in [-0.2, 0) is 17.1 Å². The summed E-state index contributed by atoms with van der Waals surface area (Å²) in [7, 11) is -3.20. The standard InChI is InChI=1S/C16H14F4N4O3S/c1-9(16(18,19)20)23-28(26,27)12-6-14(24(2)8-12)15(25)22-11-3-4-13(17)10(5-11)7-21/h3-6,8-9,23H,1-2H3,(H,22,25)/t9-/m1/s1. The number of amides is 1. The number of rotatable bonds is 5. The van der Waals surface area contributed by atoms with Crippen LogP contribution in [0.25, 0.3) is 0 Å². The molecule has 0 unspecified atom stereocenters. The molecule has 7 nitrogen and oxygen atoms in total. The first-order valence-electron chi connectivity index (χ1n) is 7.61. The van der Waals surface area contributed by atoms with Gasteiger partial charge in [0.25, 0.3) is 5.91 Å². The summed E-state index contributed by atoms with van der Waals surface area (Å²) in [6.07, 6.45) is -3.80. The summed E-state index contributed by atoms with van der Waals surface area (Å²) < 4.78 is 77.9. The normalized spacial score (nSPS) is 13.0. The third kappa shape index (κ3) is 4.68. The van der Waals surface area contributed by atoms with Crippen molar-refractivity contribution in [3.8, 4) is 6.07 Å². The molecule has 12 heteroatoms. The highest BCUT2D eigenvalue weighted by Crippen LogP contribution is 2.23. The highest BCUT2D eigenvalue weighted by molar-refractivity contribution is 7.89. The molecule has 1 aromatic carbocycles. The van der Waals surface area contributed by atoms with Crippen LogP contribution < -0.4 is 10.0 Å². The molecular weight excluding hydrogens is 404 g/mol. The molecule has 1 atom stereocenters. The molecule has 1 aromatic heterocycles. The van der Waals surface area contributed by atoms with Gasteiger partial charge in [0.15, 0.2) is 0 Å². The van der Waals surface area contributed by atoms with Gasteiger partial charge in [-0.25, -0.2) is 12.8 Å². The Labute approximate surface area is 157 Å². The minimum atomic E-state index is -4.77. The van der Waals surface area contributed by atoms with Crippen molar-refractivity contribution in [3.63, 3.8) is 0 Å². The fraction of sp³-hybridized carbons (Fsp3) is 0.250. The lowest BCUT2D eigenvalue weighted by Gasteiger charge is -2.16. The van der Waals surface area contributed by atoms with E-state index in [-0.39, 0.29) is 16.9 Å². The van der Waals surface area contributed by atoms with Crippen molar-refractivity contribution in [1.29, 1.82) is 5.26 Å². The number of nitriles is 1. The highest BCUT2D eigenvalue weighted by atomic mass is 32.2. The van der Waals surface area contributed by atoms with Gasteiger partial charge in [-0.3, -0.25) is 4.79 Å². The number of nitrogens with zero attached hydrogens (tertiary/aromatic N) is 2. The zero-order valence-electron chi connectivity index (χ0n) is 14.5. The van der Waals surface area contributed by atoms with Crippen LogP contribution in [0.5, 0.6) is 0 Å². The van der Waals surface area contributed by atoms with Crippen LogP contribution in [0.1, 0.15) is 23.0 Å². The van der Waals surface area contributed by atoms with E-state index in [1.165, 1.54) is 17.8 Å². The van der Waals surface area contributed by atoms with Crippen LogP contribution in [0.3, 0.4) is 0 Å². The van der Waals surface area contributed by atoms with Gasteiger partial charge in [-0.05, 0) is 31.2 Å². The van der Waals surface area contributed by atoms with Gasteiger partial charge in [0, 0.05) is 18.9 Å². The van der Waals surface area contributed by atoms with E-state index < -0.39 is 38.9 Å². The van der Waals surface area contributed by atoms with Crippen LogP contribution in [0.4, 0.5) is 23.2 Å². The minimum Gasteiger partial charge on any atom is -0.345 e. The van der Waals surface area contributed by atoms with Crippen LogP contribution in [-0.4, -0.2) is 31.1 Å². The minimum absolute atomic E-state index is 0.0809. The average molecular weight is 418 g/mol. The van der Waals surface area contributed by atoms with Crippen molar-refractivity contribution in [2.24, 2.45) is 7.05 Å².